The number of hydrogen-bond donors (Lipinski definition) is 3. The van der Waals surface area contributed by atoms with E-state index in [9.17, 15) is 24.9 Å². The zero-order chi connectivity index (χ0) is 16.6. The average molecular weight is 314 g/mol. The van der Waals surface area contributed by atoms with Crippen molar-refractivity contribution in [3.05, 3.63) is 58.4 Å². The molecule has 7 heteroatoms. The SMILES string of the molecule is O=C(O)c1oc2cc(O)cc(O)c2c(=O)c1Oc1ccccc1. The second kappa shape index (κ2) is 5.38. The summed E-state index contributed by atoms with van der Waals surface area (Å²) in [6, 6.07) is 10.1. The highest BCUT2D eigenvalue weighted by Gasteiger charge is 2.24. The molecular weight excluding hydrogens is 304 g/mol. The van der Waals surface area contributed by atoms with Gasteiger partial charge in [0.25, 0.3) is 5.76 Å². The standard InChI is InChI=1S/C16H10O7/c17-8-6-10(18)12-11(7-8)23-15(16(20)21)14(13(12)19)22-9-4-2-1-3-5-9/h1-7,17-18H,(H,20,21). The highest BCUT2D eigenvalue weighted by molar-refractivity contribution is 5.93. The third kappa shape index (κ3) is 2.55. The molecule has 0 fully saturated rings. The Hall–Kier alpha value is -3.48. The summed E-state index contributed by atoms with van der Waals surface area (Å²) in [6.07, 6.45) is 0. The van der Waals surface area contributed by atoms with E-state index in [-0.39, 0.29) is 22.5 Å². The highest BCUT2D eigenvalue weighted by Crippen LogP contribution is 2.32. The van der Waals surface area contributed by atoms with Gasteiger partial charge in [-0.15, -0.1) is 0 Å². The number of hydrogen-bond acceptors (Lipinski definition) is 6. The molecule has 3 aromatic rings. The summed E-state index contributed by atoms with van der Waals surface area (Å²) in [4.78, 5) is 23.8. The van der Waals surface area contributed by atoms with E-state index in [0.29, 0.717) is 0 Å². The fraction of sp³-hybridized carbons (Fsp3) is 0. The van der Waals surface area contributed by atoms with Crippen LogP contribution in [-0.4, -0.2) is 21.3 Å². The molecule has 7 nitrogen and oxygen atoms in total. The largest absolute Gasteiger partial charge is 0.508 e. The number of fused-ring (bicyclic) bond motifs is 1. The Morgan fingerprint density at radius 3 is 2.43 bits per heavy atom. The Labute approximate surface area is 128 Å². The normalized spacial score (nSPS) is 10.6. The van der Waals surface area contributed by atoms with Crippen molar-refractivity contribution in [2.24, 2.45) is 0 Å². The first kappa shape index (κ1) is 14.5. The summed E-state index contributed by atoms with van der Waals surface area (Å²) in [5.74, 6) is -3.47. The van der Waals surface area contributed by atoms with Crippen molar-refractivity contribution < 1.29 is 29.3 Å². The summed E-state index contributed by atoms with van der Waals surface area (Å²) >= 11 is 0. The lowest BCUT2D eigenvalue weighted by Crippen LogP contribution is -2.12. The van der Waals surface area contributed by atoms with Gasteiger partial charge >= 0.3 is 5.97 Å². The van der Waals surface area contributed by atoms with E-state index in [4.69, 9.17) is 9.15 Å². The monoisotopic (exact) mass is 314 g/mol. The van der Waals surface area contributed by atoms with Crippen LogP contribution in [0.3, 0.4) is 0 Å². The average Bonchev–Trinajstić information content (AvgIpc) is 2.50. The molecule has 1 heterocycles. The molecule has 3 N–H and O–H groups in total. The van der Waals surface area contributed by atoms with E-state index < -0.39 is 28.7 Å². The topological polar surface area (TPSA) is 117 Å². The zero-order valence-electron chi connectivity index (χ0n) is 11.5. The van der Waals surface area contributed by atoms with Crippen molar-refractivity contribution in [1.82, 2.24) is 0 Å². The molecule has 116 valence electrons. The maximum absolute atomic E-state index is 12.5. The minimum atomic E-state index is -1.52. The molecule has 3 rings (SSSR count). The first-order valence-electron chi connectivity index (χ1n) is 6.46. The summed E-state index contributed by atoms with van der Waals surface area (Å²) in [7, 11) is 0. The molecule has 0 bridgehead atoms. The maximum atomic E-state index is 12.5. The number of aromatic carboxylic acids is 1. The first-order valence-corrected chi connectivity index (χ1v) is 6.46. The van der Waals surface area contributed by atoms with Gasteiger partial charge < -0.3 is 24.5 Å². The van der Waals surface area contributed by atoms with Crippen molar-refractivity contribution in [3.63, 3.8) is 0 Å². The lowest BCUT2D eigenvalue weighted by molar-refractivity contribution is 0.0658. The van der Waals surface area contributed by atoms with Crippen LogP contribution in [-0.2, 0) is 0 Å². The Balaban J connectivity index is 2.31. The number of phenolic OH excluding ortho intramolecular Hbond substituents is 2. The van der Waals surface area contributed by atoms with Gasteiger partial charge in [0.15, 0.2) is 0 Å². The quantitative estimate of drug-likeness (QED) is 0.680. The molecule has 0 spiro atoms. The summed E-state index contributed by atoms with van der Waals surface area (Å²) < 4.78 is 10.5. The minimum Gasteiger partial charge on any atom is -0.508 e. The van der Waals surface area contributed by atoms with Crippen LogP contribution in [0.25, 0.3) is 11.0 Å². The van der Waals surface area contributed by atoms with Gasteiger partial charge in [0.05, 0.1) is 0 Å². The summed E-state index contributed by atoms with van der Waals surface area (Å²) in [5, 5.41) is 28.2. The van der Waals surface area contributed by atoms with Crippen LogP contribution >= 0.6 is 0 Å². The molecule has 2 aromatic carbocycles. The van der Waals surface area contributed by atoms with Gasteiger partial charge in [-0.2, -0.15) is 0 Å². The Bertz CT molecular complexity index is 958. The number of phenols is 2. The minimum absolute atomic E-state index is 0.236. The third-order valence-electron chi connectivity index (χ3n) is 3.08. The lowest BCUT2D eigenvalue weighted by Gasteiger charge is -2.09. The third-order valence-corrected chi connectivity index (χ3v) is 3.08. The Morgan fingerprint density at radius 2 is 1.78 bits per heavy atom. The predicted molar refractivity (Wildman–Crippen MR) is 79.3 cm³/mol. The number of ether oxygens (including phenoxy) is 1. The second-order valence-electron chi connectivity index (χ2n) is 4.65. The number of carboxylic acids is 1. The Morgan fingerprint density at radius 1 is 1.09 bits per heavy atom. The molecule has 0 saturated carbocycles. The van der Waals surface area contributed by atoms with E-state index in [1.54, 1.807) is 18.2 Å². The van der Waals surface area contributed by atoms with Gasteiger partial charge in [-0.3, -0.25) is 4.79 Å². The molecule has 0 saturated heterocycles. The van der Waals surface area contributed by atoms with Gasteiger partial charge in [0.2, 0.25) is 11.2 Å². The number of benzene rings is 2. The van der Waals surface area contributed by atoms with Crippen LogP contribution < -0.4 is 10.2 Å². The van der Waals surface area contributed by atoms with Crippen molar-refractivity contribution in [2.45, 2.75) is 0 Å². The summed E-state index contributed by atoms with van der Waals surface area (Å²) in [5.41, 5.74) is -1.12. The van der Waals surface area contributed by atoms with Crippen molar-refractivity contribution >= 4 is 16.9 Å². The van der Waals surface area contributed by atoms with Crippen molar-refractivity contribution in [2.75, 3.05) is 0 Å². The number of carboxylic acid groups (broad SMARTS) is 1. The fourth-order valence-electron chi connectivity index (χ4n) is 2.11. The molecule has 0 radical (unpaired) electrons. The van der Waals surface area contributed by atoms with Gasteiger partial charge in [-0.05, 0) is 12.1 Å². The van der Waals surface area contributed by atoms with E-state index in [1.165, 1.54) is 12.1 Å². The van der Waals surface area contributed by atoms with E-state index >= 15 is 0 Å². The first-order chi connectivity index (χ1) is 11.0. The molecule has 0 aliphatic heterocycles. The van der Waals surface area contributed by atoms with Crippen LogP contribution in [0.5, 0.6) is 23.0 Å². The van der Waals surface area contributed by atoms with Crippen LogP contribution in [0.15, 0.2) is 51.7 Å². The lowest BCUT2D eigenvalue weighted by atomic mass is 10.1. The molecule has 0 aliphatic carbocycles. The van der Waals surface area contributed by atoms with Gasteiger partial charge in [0.1, 0.15) is 28.2 Å². The summed E-state index contributed by atoms with van der Waals surface area (Å²) in [6.45, 7) is 0. The van der Waals surface area contributed by atoms with E-state index in [1.807, 2.05) is 0 Å². The van der Waals surface area contributed by atoms with Crippen molar-refractivity contribution in [3.8, 4) is 23.0 Å². The van der Waals surface area contributed by atoms with Gasteiger partial charge in [-0.1, -0.05) is 18.2 Å². The number of carbonyl (C=O) groups is 1. The number of rotatable bonds is 3. The van der Waals surface area contributed by atoms with E-state index in [2.05, 4.69) is 0 Å². The predicted octanol–water partition coefficient (Wildman–Crippen LogP) is 2.69. The molecular formula is C16H10O7. The molecule has 23 heavy (non-hydrogen) atoms. The van der Waals surface area contributed by atoms with Crippen LogP contribution in [0.2, 0.25) is 0 Å². The smallest absolute Gasteiger partial charge is 0.375 e. The molecule has 0 aliphatic rings. The van der Waals surface area contributed by atoms with Crippen LogP contribution in [0.4, 0.5) is 0 Å². The van der Waals surface area contributed by atoms with Crippen LogP contribution in [0.1, 0.15) is 10.6 Å². The Kier molecular flexibility index (Phi) is 3.38. The molecule has 0 unspecified atom stereocenters. The zero-order valence-corrected chi connectivity index (χ0v) is 11.5. The van der Waals surface area contributed by atoms with Crippen LogP contribution in [0, 0.1) is 0 Å². The molecule has 1 aromatic heterocycles. The van der Waals surface area contributed by atoms with Crippen molar-refractivity contribution in [1.29, 1.82) is 0 Å². The number of aromatic hydroxyl groups is 2. The highest BCUT2D eigenvalue weighted by atomic mass is 16.5. The maximum Gasteiger partial charge on any atom is 0.375 e. The van der Waals surface area contributed by atoms with Gasteiger partial charge in [0, 0.05) is 12.1 Å². The van der Waals surface area contributed by atoms with E-state index in [0.717, 1.165) is 12.1 Å². The molecule has 0 amide bonds. The second-order valence-corrected chi connectivity index (χ2v) is 4.65. The fourth-order valence-corrected chi connectivity index (χ4v) is 2.11. The number of para-hydroxylation sites is 1. The molecule has 0 atom stereocenters. The van der Waals surface area contributed by atoms with Gasteiger partial charge in [-0.25, -0.2) is 4.79 Å².